The molecule has 106 valence electrons. The number of sulfonamides is 1. The zero-order valence-corrected chi connectivity index (χ0v) is 11.7. The van der Waals surface area contributed by atoms with Gasteiger partial charge >= 0.3 is 0 Å². The lowest BCUT2D eigenvalue weighted by Gasteiger charge is -2.52. The Morgan fingerprint density at radius 2 is 1.83 bits per heavy atom. The lowest BCUT2D eigenvalue weighted by Crippen LogP contribution is -2.51. The third-order valence-corrected chi connectivity index (χ3v) is 6.53. The van der Waals surface area contributed by atoms with E-state index in [1.807, 2.05) is 6.92 Å². The molecule has 2 aliphatic rings. The van der Waals surface area contributed by atoms with Crippen LogP contribution in [0.3, 0.4) is 0 Å². The van der Waals surface area contributed by atoms with Crippen LogP contribution in [0.2, 0.25) is 0 Å². The number of aliphatic hydroxyl groups is 2. The smallest absolute Gasteiger partial charge is 0.214 e. The van der Waals surface area contributed by atoms with E-state index in [9.17, 15) is 8.42 Å². The highest BCUT2D eigenvalue weighted by Crippen LogP contribution is 2.53. The van der Waals surface area contributed by atoms with Gasteiger partial charge in [-0.3, -0.25) is 0 Å². The van der Waals surface area contributed by atoms with Crippen LogP contribution in [0.15, 0.2) is 0 Å². The number of rotatable bonds is 4. The highest BCUT2D eigenvalue weighted by atomic mass is 32.2. The van der Waals surface area contributed by atoms with Gasteiger partial charge in [-0.05, 0) is 37.5 Å². The summed E-state index contributed by atoms with van der Waals surface area (Å²) >= 11 is 0. The number of nitrogens with zero attached hydrogens (tertiary/aromatic N) is 1. The zero-order chi connectivity index (χ0) is 13.4. The molecule has 0 aromatic carbocycles. The first kappa shape index (κ1) is 14.2. The largest absolute Gasteiger partial charge is 0.368 e. The molecule has 1 spiro atoms. The van der Waals surface area contributed by atoms with Crippen molar-refractivity contribution in [3.63, 3.8) is 0 Å². The highest BCUT2D eigenvalue weighted by molar-refractivity contribution is 7.89. The van der Waals surface area contributed by atoms with Crippen molar-refractivity contribution in [1.29, 1.82) is 0 Å². The average Bonchev–Trinajstić information content (AvgIpc) is 2.25. The van der Waals surface area contributed by atoms with Crippen molar-refractivity contribution < 1.29 is 18.6 Å². The SMILES string of the molecule is CCCS(=O)(=O)N1CCC2(CC1)CC(C(O)O)C2. The van der Waals surface area contributed by atoms with Gasteiger partial charge in [0, 0.05) is 19.0 Å². The van der Waals surface area contributed by atoms with Crippen molar-refractivity contribution in [2.75, 3.05) is 18.8 Å². The molecule has 1 heterocycles. The molecule has 2 rings (SSSR count). The highest BCUT2D eigenvalue weighted by Gasteiger charge is 2.48. The summed E-state index contributed by atoms with van der Waals surface area (Å²) in [4.78, 5) is 0. The van der Waals surface area contributed by atoms with E-state index in [0.717, 1.165) is 25.7 Å². The quantitative estimate of drug-likeness (QED) is 0.735. The summed E-state index contributed by atoms with van der Waals surface area (Å²) < 4.78 is 25.4. The van der Waals surface area contributed by atoms with Crippen LogP contribution in [-0.4, -0.2) is 48.1 Å². The second kappa shape index (κ2) is 5.07. The van der Waals surface area contributed by atoms with E-state index < -0.39 is 16.3 Å². The standard InChI is InChI=1S/C12H23NO4S/c1-2-7-18(16,17)13-5-3-12(4-6-13)8-10(9-12)11(14)15/h10-11,14-15H,2-9H2,1H3. The molecule has 0 radical (unpaired) electrons. The van der Waals surface area contributed by atoms with Crippen LogP contribution in [-0.2, 0) is 10.0 Å². The summed E-state index contributed by atoms with van der Waals surface area (Å²) in [6.45, 7) is 3.06. The van der Waals surface area contributed by atoms with Gasteiger partial charge in [0.25, 0.3) is 0 Å². The van der Waals surface area contributed by atoms with Gasteiger partial charge in [0.2, 0.25) is 10.0 Å². The first-order chi connectivity index (χ1) is 8.38. The van der Waals surface area contributed by atoms with E-state index in [-0.39, 0.29) is 17.1 Å². The molecular weight excluding hydrogens is 254 g/mol. The monoisotopic (exact) mass is 277 g/mol. The summed E-state index contributed by atoms with van der Waals surface area (Å²) in [6.07, 6.45) is 2.82. The van der Waals surface area contributed by atoms with Crippen molar-refractivity contribution in [2.24, 2.45) is 11.3 Å². The second-order valence-corrected chi connectivity index (χ2v) is 7.89. The van der Waals surface area contributed by atoms with Crippen LogP contribution in [0.1, 0.15) is 39.0 Å². The van der Waals surface area contributed by atoms with Crippen LogP contribution < -0.4 is 0 Å². The number of hydrogen-bond acceptors (Lipinski definition) is 4. The summed E-state index contributed by atoms with van der Waals surface area (Å²) in [5, 5.41) is 18.2. The minimum Gasteiger partial charge on any atom is -0.368 e. The van der Waals surface area contributed by atoms with Gasteiger partial charge in [0.1, 0.15) is 0 Å². The van der Waals surface area contributed by atoms with Crippen molar-refractivity contribution in [3.05, 3.63) is 0 Å². The molecule has 6 heteroatoms. The molecule has 0 aromatic heterocycles. The van der Waals surface area contributed by atoms with Gasteiger partial charge in [-0.15, -0.1) is 0 Å². The molecule has 1 aliphatic carbocycles. The maximum atomic E-state index is 11.9. The molecule has 0 unspecified atom stereocenters. The van der Waals surface area contributed by atoms with Crippen LogP contribution in [0.25, 0.3) is 0 Å². The van der Waals surface area contributed by atoms with Crippen LogP contribution in [0.5, 0.6) is 0 Å². The Morgan fingerprint density at radius 3 is 2.28 bits per heavy atom. The Balaban J connectivity index is 1.86. The predicted octanol–water partition coefficient (Wildman–Crippen LogP) is 0.529. The Morgan fingerprint density at radius 1 is 1.28 bits per heavy atom. The van der Waals surface area contributed by atoms with Crippen molar-refractivity contribution in [2.45, 2.75) is 45.3 Å². The minimum absolute atomic E-state index is 0.0104. The van der Waals surface area contributed by atoms with Crippen LogP contribution in [0.4, 0.5) is 0 Å². The van der Waals surface area contributed by atoms with Crippen LogP contribution >= 0.6 is 0 Å². The summed E-state index contributed by atoms with van der Waals surface area (Å²) in [5.74, 6) is 0.224. The normalized spacial score (nSPS) is 25.6. The van der Waals surface area contributed by atoms with E-state index >= 15 is 0 Å². The lowest BCUT2D eigenvalue weighted by molar-refractivity contribution is -0.153. The van der Waals surface area contributed by atoms with Gasteiger partial charge in [-0.1, -0.05) is 6.92 Å². The van der Waals surface area contributed by atoms with Crippen LogP contribution in [0, 0.1) is 11.3 Å². The molecular formula is C12H23NO4S. The Kier molecular flexibility index (Phi) is 4.02. The van der Waals surface area contributed by atoms with Gasteiger partial charge in [0.05, 0.1) is 5.75 Å². The van der Waals surface area contributed by atoms with Gasteiger partial charge in [0.15, 0.2) is 6.29 Å². The van der Waals surface area contributed by atoms with E-state index in [0.29, 0.717) is 19.5 Å². The summed E-state index contributed by atoms with van der Waals surface area (Å²) in [7, 11) is -3.06. The maximum Gasteiger partial charge on any atom is 0.214 e. The molecule has 0 amide bonds. The molecule has 18 heavy (non-hydrogen) atoms. The molecule has 0 aromatic rings. The Labute approximate surface area is 109 Å². The number of aliphatic hydroxyl groups excluding tert-OH is 1. The van der Waals surface area contributed by atoms with E-state index in [2.05, 4.69) is 0 Å². The first-order valence-corrected chi connectivity index (χ1v) is 8.33. The fraction of sp³-hybridized carbons (Fsp3) is 1.00. The van der Waals surface area contributed by atoms with Gasteiger partial charge < -0.3 is 10.2 Å². The van der Waals surface area contributed by atoms with E-state index in [1.54, 1.807) is 4.31 Å². The van der Waals surface area contributed by atoms with E-state index in [4.69, 9.17) is 10.2 Å². The zero-order valence-electron chi connectivity index (χ0n) is 10.9. The Hall–Kier alpha value is -0.170. The Bertz CT molecular complexity index is 377. The molecule has 1 aliphatic heterocycles. The molecule has 0 bridgehead atoms. The third kappa shape index (κ3) is 2.71. The van der Waals surface area contributed by atoms with Crippen molar-refractivity contribution in [1.82, 2.24) is 4.31 Å². The van der Waals surface area contributed by atoms with Crippen molar-refractivity contribution >= 4 is 10.0 Å². The van der Waals surface area contributed by atoms with Gasteiger partial charge in [-0.2, -0.15) is 0 Å². The fourth-order valence-corrected chi connectivity index (χ4v) is 4.81. The summed E-state index contributed by atoms with van der Waals surface area (Å²) in [6, 6.07) is 0. The lowest BCUT2D eigenvalue weighted by atomic mass is 9.57. The van der Waals surface area contributed by atoms with E-state index in [1.165, 1.54) is 0 Å². The molecule has 1 saturated carbocycles. The molecule has 0 atom stereocenters. The fourth-order valence-electron chi connectivity index (χ4n) is 3.30. The van der Waals surface area contributed by atoms with Crippen molar-refractivity contribution in [3.8, 4) is 0 Å². The first-order valence-electron chi connectivity index (χ1n) is 6.72. The number of hydrogen-bond donors (Lipinski definition) is 2. The maximum absolute atomic E-state index is 11.9. The minimum atomic E-state index is -3.06. The predicted molar refractivity (Wildman–Crippen MR) is 68.3 cm³/mol. The third-order valence-electron chi connectivity index (χ3n) is 4.45. The molecule has 1 saturated heterocycles. The molecule has 5 nitrogen and oxygen atoms in total. The second-order valence-electron chi connectivity index (χ2n) is 5.80. The summed E-state index contributed by atoms with van der Waals surface area (Å²) in [5.41, 5.74) is 0.173. The average molecular weight is 277 g/mol. The molecule has 2 fully saturated rings. The number of piperidine rings is 1. The van der Waals surface area contributed by atoms with Gasteiger partial charge in [-0.25, -0.2) is 12.7 Å². The topological polar surface area (TPSA) is 77.8 Å². The molecule has 2 N–H and O–H groups in total.